The quantitative estimate of drug-likeness (QED) is 0.592. The number of amides is 1. The average molecular weight is 438 g/mol. The Hall–Kier alpha value is -3.16. The van der Waals surface area contributed by atoms with E-state index in [1.165, 1.54) is 9.13 Å². The van der Waals surface area contributed by atoms with E-state index in [1.807, 2.05) is 42.2 Å². The molecule has 4 rings (SSSR count). The van der Waals surface area contributed by atoms with Gasteiger partial charge in [0.15, 0.2) is 5.52 Å². The Morgan fingerprint density at radius 1 is 1.06 bits per heavy atom. The SMILES string of the molecule is CCn1nc(C)c2c1c(=O)n(CCc1ccccc1)c(=O)n2CC(=O)N1CCC(C)CC1. The molecule has 32 heavy (non-hydrogen) atoms. The zero-order valence-corrected chi connectivity index (χ0v) is 19.1. The molecule has 0 N–H and O–H groups in total. The van der Waals surface area contributed by atoms with Crippen molar-refractivity contribution in [3.05, 3.63) is 62.4 Å². The maximum absolute atomic E-state index is 13.5. The molecular weight excluding hydrogens is 406 g/mol. The molecular formula is C24H31N5O3. The molecule has 1 aromatic carbocycles. The van der Waals surface area contributed by atoms with Crippen LogP contribution in [-0.4, -0.2) is 42.8 Å². The molecule has 0 spiro atoms. The number of carbonyl (C=O) groups excluding carboxylic acids is 1. The molecule has 1 saturated heterocycles. The fourth-order valence-corrected chi connectivity index (χ4v) is 4.51. The van der Waals surface area contributed by atoms with E-state index in [0.29, 0.717) is 48.7 Å². The lowest BCUT2D eigenvalue weighted by molar-refractivity contribution is -0.133. The summed E-state index contributed by atoms with van der Waals surface area (Å²) in [7, 11) is 0. The topological polar surface area (TPSA) is 82.1 Å². The number of aromatic nitrogens is 4. The number of piperidine rings is 1. The maximum Gasteiger partial charge on any atom is 0.332 e. The molecule has 1 aliphatic heterocycles. The van der Waals surface area contributed by atoms with Crippen LogP contribution in [0.3, 0.4) is 0 Å². The van der Waals surface area contributed by atoms with E-state index in [2.05, 4.69) is 12.0 Å². The first-order chi connectivity index (χ1) is 15.4. The highest BCUT2D eigenvalue weighted by Crippen LogP contribution is 2.18. The average Bonchev–Trinajstić information content (AvgIpc) is 3.14. The van der Waals surface area contributed by atoms with Crippen molar-refractivity contribution in [2.24, 2.45) is 5.92 Å². The number of aryl methyl sites for hydroxylation is 3. The smallest absolute Gasteiger partial charge is 0.332 e. The Kier molecular flexibility index (Phi) is 6.30. The van der Waals surface area contributed by atoms with Gasteiger partial charge in [-0.2, -0.15) is 5.10 Å². The van der Waals surface area contributed by atoms with Crippen LogP contribution in [0.25, 0.3) is 11.0 Å². The van der Waals surface area contributed by atoms with Crippen molar-refractivity contribution in [1.82, 2.24) is 23.8 Å². The molecule has 0 aliphatic carbocycles. The molecule has 0 atom stereocenters. The Balaban J connectivity index is 1.76. The maximum atomic E-state index is 13.5. The first-order valence-electron chi connectivity index (χ1n) is 11.4. The summed E-state index contributed by atoms with van der Waals surface area (Å²) in [6, 6.07) is 9.76. The van der Waals surface area contributed by atoms with Crippen molar-refractivity contribution >= 4 is 16.9 Å². The van der Waals surface area contributed by atoms with Gasteiger partial charge in [-0.3, -0.25) is 23.4 Å². The lowest BCUT2D eigenvalue weighted by atomic mass is 9.99. The molecule has 3 aromatic rings. The van der Waals surface area contributed by atoms with E-state index in [4.69, 9.17) is 0 Å². The molecule has 0 unspecified atom stereocenters. The monoisotopic (exact) mass is 437 g/mol. The molecule has 0 bridgehead atoms. The van der Waals surface area contributed by atoms with Crippen LogP contribution in [-0.2, 0) is 30.8 Å². The second kappa shape index (κ2) is 9.14. The molecule has 0 radical (unpaired) electrons. The molecule has 1 fully saturated rings. The van der Waals surface area contributed by atoms with Crippen LogP contribution in [0.1, 0.15) is 37.9 Å². The molecule has 8 nitrogen and oxygen atoms in total. The second-order valence-corrected chi connectivity index (χ2v) is 8.72. The summed E-state index contributed by atoms with van der Waals surface area (Å²) in [5.74, 6) is 0.524. The zero-order valence-electron chi connectivity index (χ0n) is 19.1. The number of hydrogen-bond acceptors (Lipinski definition) is 4. The van der Waals surface area contributed by atoms with Gasteiger partial charge in [-0.1, -0.05) is 37.3 Å². The van der Waals surface area contributed by atoms with Gasteiger partial charge in [0.05, 0.1) is 5.69 Å². The Morgan fingerprint density at radius 3 is 2.41 bits per heavy atom. The highest BCUT2D eigenvalue weighted by molar-refractivity contribution is 5.81. The third kappa shape index (κ3) is 4.13. The predicted octanol–water partition coefficient (Wildman–Crippen LogP) is 2.19. The van der Waals surface area contributed by atoms with Crippen LogP contribution in [0.15, 0.2) is 39.9 Å². The van der Waals surface area contributed by atoms with Gasteiger partial charge < -0.3 is 4.90 Å². The number of likely N-dealkylation sites (tertiary alicyclic amines) is 1. The van der Waals surface area contributed by atoms with E-state index >= 15 is 0 Å². The molecule has 1 amide bonds. The first kappa shape index (κ1) is 22.0. The number of hydrogen-bond donors (Lipinski definition) is 0. The minimum Gasteiger partial charge on any atom is -0.341 e. The zero-order chi connectivity index (χ0) is 22.8. The van der Waals surface area contributed by atoms with Crippen molar-refractivity contribution in [2.45, 2.75) is 59.7 Å². The first-order valence-corrected chi connectivity index (χ1v) is 11.4. The number of nitrogens with zero attached hydrogens (tertiary/aromatic N) is 5. The van der Waals surface area contributed by atoms with Crippen LogP contribution in [0, 0.1) is 12.8 Å². The summed E-state index contributed by atoms with van der Waals surface area (Å²) in [6.07, 6.45) is 2.50. The van der Waals surface area contributed by atoms with Gasteiger partial charge in [0.2, 0.25) is 5.91 Å². The molecule has 2 aromatic heterocycles. The predicted molar refractivity (Wildman–Crippen MR) is 124 cm³/mol. The van der Waals surface area contributed by atoms with Crippen molar-refractivity contribution < 1.29 is 4.79 Å². The number of fused-ring (bicyclic) bond motifs is 1. The van der Waals surface area contributed by atoms with Crippen molar-refractivity contribution in [3.63, 3.8) is 0 Å². The van der Waals surface area contributed by atoms with Gasteiger partial charge in [0, 0.05) is 26.2 Å². The Labute approximate surface area is 187 Å². The van der Waals surface area contributed by atoms with E-state index in [1.54, 1.807) is 11.6 Å². The van der Waals surface area contributed by atoms with Crippen LogP contribution in [0.4, 0.5) is 0 Å². The Morgan fingerprint density at radius 2 is 1.75 bits per heavy atom. The minimum atomic E-state index is -0.448. The van der Waals surface area contributed by atoms with E-state index < -0.39 is 5.69 Å². The fraction of sp³-hybridized carbons (Fsp3) is 0.500. The molecule has 1 aliphatic rings. The fourth-order valence-electron chi connectivity index (χ4n) is 4.51. The van der Waals surface area contributed by atoms with Gasteiger partial charge in [0.1, 0.15) is 12.1 Å². The van der Waals surface area contributed by atoms with E-state index in [9.17, 15) is 14.4 Å². The number of benzene rings is 1. The van der Waals surface area contributed by atoms with Crippen LogP contribution < -0.4 is 11.2 Å². The third-order valence-corrected chi connectivity index (χ3v) is 6.47. The number of carbonyl (C=O) groups is 1. The molecule has 0 saturated carbocycles. The van der Waals surface area contributed by atoms with Gasteiger partial charge in [0.25, 0.3) is 5.56 Å². The summed E-state index contributed by atoms with van der Waals surface area (Å²) >= 11 is 0. The van der Waals surface area contributed by atoms with E-state index in [0.717, 1.165) is 18.4 Å². The normalized spacial score (nSPS) is 14.9. The third-order valence-electron chi connectivity index (χ3n) is 6.47. The van der Waals surface area contributed by atoms with Crippen molar-refractivity contribution in [2.75, 3.05) is 13.1 Å². The van der Waals surface area contributed by atoms with Crippen molar-refractivity contribution in [1.29, 1.82) is 0 Å². The Bertz CT molecular complexity index is 1230. The van der Waals surface area contributed by atoms with Gasteiger partial charge >= 0.3 is 5.69 Å². The lowest BCUT2D eigenvalue weighted by Gasteiger charge is -2.30. The minimum absolute atomic E-state index is 0.0778. The van der Waals surface area contributed by atoms with Crippen molar-refractivity contribution in [3.8, 4) is 0 Å². The summed E-state index contributed by atoms with van der Waals surface area (Å²) < 4.78 is 4.35. The molecule has 8 heteroatoms. The second-order valence-electron chi connectivity index (χ2n) is 8.72. The lowest BCUT2D eigenvalue weighted by Crippen LogP contribution is -2.45. The van der Waals surface area contributed by atoms with Crippen LogP contribution in [0.2, 0.25) is 0 Å². The highest BCUT2D eigenvalue weighted by atomic mass is 16.2. The van der Waals surface area contributed by atoms with Gasteiger partial charge in [-0.25, -0.2) is 4.79 Å². The van der Waals surface area contributed by atoms with Gasteiger partial charge in [-0.15, -0.1) is 0 Å². The summed E-state index contributed by atoms with van der Waals surface area (Å²) in [5.41, 5.74) is 1.69. The summed E-state index contributed by atoms with van der Waals surface area (Å²) in [4.78, 5) is 41.7. The standard InChI is InChI=1S/C24H31N5O3/c1-4-29-22-21(18(3)25-29)28(16-20(30)26-13-10-17(2)11-14-26)24(32)27(23(22)31)15-12-19-8-6-5-7-9-19/h5-9,17H,4,10-16H2,1-3H3. The van der Waals surface area contributed by atoms with E-state index in [-0.39, 0.29) is 24.6 Å². The highest BCUT2D eigenvalue weighted by Gasteiger charge is 2.25. The number of rotatable bonds is 6. The van der Waals surface area contributed by atoms with Crippen LogP contribution in [0.5, 0.6) is 0 Å². The largest absolute Gasteiger partial charge is 0.341 e. The molecule has 170 valence electrons. The summed E-state index contributed by atoms with van der Waals surface area (Å²) in [6.45, 7) is 7.99. The summed E-state index contributed by atoms with van der Waals surface area (Å²) in [5, 5.41) is 4.48. The molecule has 3 heterocycles. The van der Waals surface area contributed by atoms with Gasteiger partial charge in [-0.05, 0) is 44.6 Å². The van der Waals surface area contributed by atoms with Crippen LogP contribution >= 0.6 is 0 Å².